The quantitative estimate of drug-likeness (QED) is 0.331. The van der Waals surface area contributed by atoms with Gasteiger partial charge in [-0.1, -0.05) is 96.0 Å². The van der Waals surface area contributed by atoms with Crippen molar-refractivity contribution in [3.05, 3.63) is 121 Å². The van der Waals surface area contributed by atoms with Crippen LogP contribution in [0.4, 0.5) is 0 Å². The van der Waals surface area contributed by atoms with Gasteiger partial charge >= 0.3 is 0 Å². The first-order valence-electron chi connectivity index (χ1n) is 9.67. The van der Waals surface area contributed by atoms with Crippen molar-refractivity contribution in [2.75, 3.05) is 0 Å². The summed E-state index contributed by atoms with van der Waals surface area (Å²) in [5.74, 6) is -1.46. The maximum absolute atomic E-state index is 9.32. The van der Waals surface area contributed by atoms with Crippen LogP contribution in [0.5, 0.6) is 0 Å². The number of alkyl halides is 2. The predicted molar refractivity (Wildman–Crippen MR) is 132 cm³/mol. The van der Waals surface area contributed by atoms with Crippen LogP contribution in [0.3, 0.4) is 0 Å². The Morgan fingerprint density at radius 3 is 0.903 bits per heavy atom. The zero-order chi connectivity index (χ0) is 22.1. The molecule has 0 fully saturated rings. The van der Waals surface area contributed by atoms with E-state index in [4.69, 9.17) is 23.2 Å². The number of carbonyl (C=O) groups excluding carboxylic acids is 1. The number of benzene rings is 4. The van der Waals surface area contributed by atoms with Gasteiger partial charge in [0.1, 0.15) is 33.3 Å². The second kappa shape index (κ2) is 11.1. The Morgan fingerprint density at radius 1 is 0.548 bits per heavy atom. The fourth-order valence-electron chi connectivity index (χ4n) is 3.50. The maximum Gasteiger partial charge on any atom is 0.146 e. The molecule has 0 bridgehead atoms. The molecule has 0 aliphatic carbocycles. The molecule has 0 heterocycles. The topological polar surface area (TPSA) is 40.1 Å². The highest BCUT2D eigenvalue weighted by Crippen LogP contribution is 2.53. The number of carbonyl (C=O) groups is 1. The van der Waals surface area contributed by atoms with Crippen LogP contribution in [0.15, 0.2) is 121 Å². The Bertz CT molecular complexity index is 910. The van der Waals surface area contributed by atoms with Gasteiger partial charge < -0.3 is 9.90 Å². The number of rotatable bonds is 5. The smallest absolute Gasteiger partial charge is 0.146 e. The molecule has 0 aliphatic rings. The molecule has 4 aromatic carbocycles. The van der Waals surface area contributed by atoms with E-state index in [9.17, 15) is 9.90 Å². The molecule has 0 unspecified atom stereocenters. The van der Waals surface area contributed by atoms with E-state index in [0.29, 0.717) is 0 Å². The van der Waals surface area contributed by atoms with Crippen LogP contribution in [-0.4, -0.2) is 10.8 Å². The molecule has 0 saturated heterocycles. The van der Waals surface area contributed by atoms with E-state index >= 15 is 0 Å². The summed E-state index contributed by atoms with van der Waals surface area (Å²) in [5, 5.41) is 14.9. The largest absolute Gasteiger partial charge is 0.547 e. The monoisotopic (exact) mass is 466 g/mol. The van der Waals surface area contributed by atoms with Gasteiger partial charge in [0.25, 0.3) is 0 Å². The minimum Gasteiger partial charge on any atom is -0.547 e. The number of carboxylic acids is 1. The van der Waals surface area contributed by atoms with Crippen molar-refractivity contribution in [1.82, 2.24) is 0 Å². The van der Waals surface area contributed by atoms with Crippen molar-refractivity contribution in [3.8, 4) is 0 Å². The van der Waals surface area contributed by atoms with Crippen LogP contribution in [0.25, 0.3) is 0 Å². The van der Waals surface area contributed by atoms with E-state index in [2.05, 4.69) is 121 Å². The fourth-order valence-corrected chi connectivity index (χ4v) is 7.77. The highest BCUT2D eigenvalue weighted by molar-refractivity contribution is 8.01. The normalized spacial score (nSPS) is 10.8. The molecule has 4 rings (SSSR count). The second-order valence-electron chi connectivity index (χ2n) is 6.63. The van der Waals surface area contributed by atoms with Gasteiger partial charge in [-0.15, -0.1) is 0 Å². The number of hydrogen-bond donors (Lipinski definition) is 0. The Kier molecular flexibility index (Phi) is 8.26. The van der Waals surface area contributed by atoms with Crippen molar-refractivity contribution >= 4 is 57.7 Å². The van der Waals surface area contributed by atoms with Crippen molar-refractivity contribution in [2.24, 2.45) is 0 Å². The molecule has 2 nitrogen and oxygen atoms in total. The van der Waals surface area contributed by atoms with Gasteiger partial charge in [-0.3, -0.25) is 0 Å². The van der Waals surface area contributed by atoms with Crippen LogP contribution in [0.2, 0.25) is 0 Å². The number of hydrogen-bond acceptors (Lipinski definition) is 2. The van der Waals surface area contributed by atoms with Crippen molar-refractivity contribution < 1.29 is 9.90 Å². The average molecular weight is 467 g/mol. The molecule has 0 N–H and O–H groups in total. The predicted octanol–water partition coefficient (Wildman–Crippen LogP) is 3.85. The molecule has 0 saturated carbocycles. The summed E-state index contributed by atoms with van der Waals surface area (Å²) in [6, 6.07) is 43.8. The zero-order valence-electron chi connectivity index (χ0n) is 16.6. The standard InChI is InChI=1S/C24H20P.C2H2Cl2O2/c1-5-13-21(14-6-1)25(22-15-7-2-8-16-22,23-17-9-3-10-18-23)24-19-11-4-12-20-24;3-1(4)2(5)6/h1-20H;1H,(H,5,6)/q+1;/p-1. The Balaban J connectivity index is 0.000000401. The van der Waals surface area contributed by atoms with E-state index in [1.165, 1.54) is 21.2 Å². The molecule has 0 atom stereocenters. The van der Waals surface area contributed by atoms with Crippen LogP contribution in [-0.2, 0) is 4.79 Å². The van der Waals surface area contributed by atoms with E-state index < -0.39 is 18.1 Å². The summed E-state index contributed by atoms with van der Waals surface area (Å²) in [6.45, 7) is 0. The van der Waals surface area contributed by atoms with Gasteiger partial charge in [0.05, 0.1) is 5.97 Å². The second-order valence-corrected chi connectivity index (χ2v) is 11.1. The molecular formula is C26H21Cl2O2P. The third-order valence-electron chi connectivity index (χ3n) is 4.75. The van der Waals surface area contributed by atoms with Gasteiger partial charge in [0.15, 0.2) is 0 Å². The minimum absolute atomic E-state index is 1.39. The van der Waals surface area contributed by atoms with Crippen molar-refractivity contribution in [2.45, 2.75) is 4.84 Å². The molecule has 5 heteroatoms. The lowest BCUT2D eigenvalue weighted by Crippen LogP contribution is -2.38. The third kappa shape index (κ3) is 5.35. The SMILES string of the molecule is O=C([O-])C(Cl)Cl.c1ccc([P+](c2ccccc2)(c2ccccc2)c2ccccc2)cc1. The first kappa shape index (κ1) is 23.0. The summed E-state index contributed by atoms with van der Waals surface area (Å²) in [5.41, 5.74) is 0. The van der Waals surface area contributed by atoms with Crippen LogP contribution < -0.4 is 26.3 Å². The van der Waals surface area contributed by atoms with Crippen LogP contribution in [0.1, 0.15) is 0 Å². The van der Waals surface area contributed by atoms with Gasteiger partial charge in [-0.2, -0.15) is 0 Å². The molecule has 31 heavy (non-hydrogen) atoms. The molecular weight excluding hydrogens is 446 g/mol. The molecule has 0 spiro atoms. The summed E-state index contributed by atoms with van der Waals surface area (Å²) >= 11 is 9.43. The highest BCUT2D eigenvalue weighted by Gasteiger charge is 2.47. The molecule has 0 radical (unpaired) electrons. The van der Waals surface area contributed by atoms with Crippen LogP contribution >= 0.6 is 30.5 Å². The lowest BCUT2D eigenvalue weighted by atomic mass is 10.3. The van der Waals surface area contributed by atoms with Gasteiger partial charge in [-0.05, 0) is 48.5 Å². The average Bonchev–Trinajstić information content (AvgIpc) is 2.83. The van der Waals surface area contributed by atoms with Crippen molar-refractivity contribution in [3.63, 3.8) is 0 Å². The zero-order valence-corrected chi connectivity index (χ0v) is 19.1. The fraction of sp³-hybridized carbons (Fsp3) is 0.0385. The maximum atomic E-state index is 9.32. The van der Waals surface area contributed by atoms with Gasteiger partial charge in [0.2, 0.25) is 0 Å². The van der Waals surface area contributed by atoms with Gasteiger partial charge in [-0.25, -0.2) is 0 Å². The number of carboxylic acid groups (broad SMARTS) is 1. The van der Waals surface area contributed by atoms with E-state index in [-0.39, 0.29) is 0 Å². The summed E-state index contributed by atoms with van der Waals surface area (Å²) in [7, 11) is -1.91. The Morgan fingerprint density at radius 2 is 0.742 bits per heavy atom. The Hall–Kier alpha value is -2.64. The third-order valence-corrected chi connectivity index (χ3v) is 9.40. The molecule has 0 aromatic heterocycles. The number of aliphatic carboxylic acids is 1. The molecule has 0 amide bonds. The van der Waals surface area contributed by atoms with Crippen LogP contribution in [0, 0.1) is 0 Å². The highest BCUT2D eigenvalue weighted by atomic mass is 35.5. The van der Waals surface area contributed by atoms with E-state index in [1.54, 1.807) is 0 Å². The van der Waals surface area contributed by atoms with Crippen molar-refractivity contribution in [1.29, 1.82) is 0 Å². The summed E-state index contributed by atoms with van der Waals surface area (Å²) < 4.78 is 0. The molecule has 4 aromatic rings. The molecule has 0 aliphatic heterocycles. The van der Waals surface area contributed by atoms with E-state index in [1.807, 2.05) is 0 Å². The summed E-state index contributed by atoms with van der Waals surface area (Å²) in [4.78, 5) is 7.93. The van der Waals surface area contributed by atoms with E-state index in [0.717, 1.165) is 0 Å². The molecule has 156 valence electrons. The lowest BCUT2D eigenvalue weighted by molar-refractivity contribution is -0.303. The number of halogens is 2. The Labute approximate surface area is 193 Å². The minimum atomic E-state index is -1.91. The summed E-state index contributed by atoms with van der Waals surface area (Å²) in [6.07, 6.45) is 0. The first-order chi connectivity index (χ1) is 15.1. The van der Waals surface area contributed by atoms with Gasteiger partial charge in [0, 0.05) is 0 Å². The first-order valence-corrected chi connectivity index (χ1v) is 12.3. The lowest BCUT2D eigenvalue weighted by Gasteiger charge is -2.27.